The third-order valence-electron chi connectivity index (χ3n) is 1.66. The van der Waals surface area contributed by atoms with Crippen LogP contribution < -0.4 is 0 Å². The van der Waals surface area contributed by atoms with E-state index in [1.807, 2.05) is 37.4 Å². The molecule has 2 rings (SSSR count). The van der Waals surface area contributed by atoms with Crippen LogP contribution in [0.2, 0.25) is 0 Å². The fraction of sp³-hybridized carbons (Fsp3) is 0.111. The molecule has 0 aliphatic rings. The molecule has 0 aromatic carbocycles. The van der Waals surface area contributed by atoms with E-state index in [2.05, 4.69) is 26.0 Å². The first-order valence-electron chi connectivity index (χ1n) is 3.91. The van der Waals surface area contributed by atoms with E-state index in [1.165, 1.54) is 0 Å². The lowest BCUT2D eigenvalue weighted by molar-refractivity contribution is 0.833. The minimum absolute atomic E-state index is 0.816. The van der Waals surface area contributed by atoms with Crippen LogP contribution in [-0.4, -0.2) is 14.8 Å². The number of hydrogen-bond acceptors (Lipinski definition) is 2. The van der Waals surface area contributed by atoms with Gasteiger partial charge in [-0.25, -0.2) is 9.67 Å². The van der Waals surface area contributed by atoms with Crippen LogP contribution in [0.1, 0.15) is 5.69 Å². The summed E-state index contributed by atoms with van der Waals surface area (Å²) in [7, 11) is 0. The summed E-state index contributed by atoms with van der Waals surface area (Å²) in [6.45, 7) is 1.96. The molecule has 0 amide bonds. The molecule has 0 unspecified atom stereocenters. The summed E-state index contributed by atoms with van der Waals surface area (Å²) in [5, 5.41) is 4.19. The van der Waals surface area contributed by atoms with E-state index < -0.39 is 0 Å². The summed E-state index contributed by atoms with van der Waals surface area (Å²) in [5.41, 5.74) is 0.990. The summed E-state index contributed by atoms with van der Waals surface area (Å²) in [6.07, 6.45) is 1.87. The molecule has 4 heteroatoms. The lowest BCUT2D eigenvalue weighted by atomic mass is 10.4. The molecular formula is C9H8BrN3. The van der Waals surface area contributed by atoms with Crippen LogP contribution >= 0.6 is 15.9 Å². The Morgan fingerprint density at radius 3 is 2.77 bits per heavy atom. The first-order valence-corrected chi connectivity index (χ1v) is 4.70. The third kappa shape index (κ3) is 1.78. The van der Waals surface area contributed by atoms with Crippen LogP contribution in [0.5, 0.6) is 0 Å². The van der Waals surface area contributed by atoms with E-state index in [4.69, 9.17) is 0 Å². The Bertz CT molecular complexity index is 422. The molecule has 0 spiro atoms. The fourth-order valence-corrected chi connectivity index (χ4v) is 1.37. The van der Waals surface area contributed by atoms with Gasteiger partial charge < -0.3 is 0 Å². The molecule has 13 heavy (non-hydrogen) atoms. The Kier molecular flexibility index (Phi) is 2.14. The van der Waals surface area contributed by atoms with Gasteiger partial charge in [0.2, 0.25) is 0 Å². The maximum Gasteiger partial charge on any atom is 0.153 e. The molecule has 66 valence electrons. The van der Waals surface area contributed by atoms with Gasteiger partial charge in [0.05, 0.1) is 0 Å². The zero-order chi connectivity index (χ0) is 9.26. The minimum atomic E-state index is 0.816. The van der Waals surface area contributed by atoms with Gasteiger partial charge in [0.1, 0.15) is 4.60 Å². The molecule has 0 aliphatic heterocycles. The van der Waals surface area contributed by atoms with Crippen molar-refractivity contribution in [3.8, 4) is 5.82 Å². The number of rotatable bonds is 1. The zero-order valence-corrected chi connectivity index (χ0v) is 8.69. The average Bonchev–Trinajstić information content (AvgIpc) is 2.52. The Hall–Kier alpha value is -1.16. The van der Waals surface area contributed by atoms with Crippen molar-refractivity contribution in [3.05, 3.63) is 40.8 Å². The van der Waals surface area contributed by atoms with Crippen LogP contribution in [0.15, 0.2) is 35.1 Å². The molecule has 0 aliphatic carbocycles. The molecule has 2 aromatic heterocycles. The zero-order valence-electron chi connectivity index (χ0n) is 7.11. The molecule has 0 radical (unpaired) electrons. The smallest absolute Gasteiger partial charge is 0.153 e. The summed E-state index contributed by atoms with van der Waals surface area (Å²) < 4.78 is 2.55. The number of nitrogens with zero attached hydrogens (tertiary/aromatic N) is 3. The van der Waals surface area contributed by atoms with Crippen molar-refractivity contribution >= 4 is 15.9 Å². The number of aryl methyl sites for hydroxylation is 1. The molecule has 0 saturated carbocycles. The van der Waals surface area contributed by atoms with E-state index in [1.54, 1.807) is 4.68 Å². The highest BCUT2D eigenvalue weighted by atomic mass is 79.9. The molecule has 0 fully saturated rings. The maximum atomic E-state index is 4.34. The highest BCUT2D eigenvalue weighted by Gasteiger charge is 1.99. The van der Waals surface area contributed by atoms with Crippen molar-refractivity contribution in [1.29, 1.82) is 0 Å². The largest absolute Gasteiger partial charge is 0.234 e. The predicted molar refractivity (Wildman–Crippen MR) is 53.8 cm³/mol. The van der Waals surface area contributed by atoms with Crippen LogP contribution in [0.4, 0.5) is 0 Å². The minimum Gasteiger partial charge on any atom is -0.234 e. The van der Waals surface area contributed by atoms with Gasteiger partial charge in [-0.05, 0) is 41.1 Å². The van der Waals surface area contributed by atoms with Crippen molar-refractivity contribution in [1.82, 2.24) is 14.8 Å². The summed E-state index contributed by atoms with van der Waals surface area (Å²) in [4.78, 5) is 4.34. The van der Waals surface area contributed by atoms with Crippen molar-refractivity contribution in [2.24, 2.45) is 0 Å². The van der Waals surface area contributed by atoms with Crippen LogP contribution in [-0.2, 0) is 0 Å². The lowest BCUT2D eigenvalue weighted by Crippen LogP contribution is -1.98. The second-order valence-electron chi connectivity index (χ2n) is 2.72. The molecule has 0 saturated heterocycles. The molecular weight excluding hydrogens is 230 g/mol. The van der Waals surface area contributed by atoms with Crippen molar-refractivity contribution < 1.29 is 0 Å². The first kappa shape index (κ1) is 8.44. The molecule has 0 atom stereocenters. The highest BCUT2D eigenvalue weighted by Crippen LogP contribution is 2.09. The van der Waals surface area contributed by atoms with Crippen LogP contribution in [0.3, 0.4) is 0 Å². The van der Waals surface area contributed by atoms with Crippen LogP contribution in [0.25, 0.3) is 5.82 Å². The number of hydrogen-bond donors (Lipinski definition) is 0. The maximum absolute atomic E-state index is 4.34. The first-order chi connectivity index (χ1) is 6.25. The second-order valence-corrected chi connectivity index (χ2v) is 3.53. The van der Waals surface area contributed by atoms with Gasteiger partial charge in [0, 0.05) is 11.9 Å². The third-order valence-corrected chi connectivity index (χ3v) is 2.09. The van der Waals surface area contributed by atoms with E-state index >= 15 is 0 Å². The van der Waals surface area contributed by atoms with Crippen molar-refractivity contribution in [3.63, 3.8) is 0 Å². The number of aromatic nitrogens is 3. The van der Waals surface area contributed by atoms with Gasteiger partial charge in [-0.1, -0.05) is 6.07 Å². The molecule has 2 heterocycles. The quantitative estimate of drug-likeness (QED) is 0.763. The molecule has 3 nitrogen and oxygen atoms in total. The van der Waals surface area contributed by atoms with E-state index in [0.717, 1.165) is 16.1 Å². The van der Waals surface area contributed by atoms with Crippen molar-refractivity contribution in [2.75, 3.05) is 0 Å². The second kappa shape index (κ2) is 3.30. The Labute approximate surface area is 84.5 Å². The molecule has 0 N–H and O–H groups in total. The highest BCUT2D eigenvalue weighted by molar-refractivity contribution is 9.10. The topological polar surface area (TPSA) is 30.7 Å². The molecule has 2 aromatic rings. The number of pyridine rings is 1. The van der Waals surface area contributed by atoms with Gasteiger partial charge in [0.25, 0.3) is 0 Å². The Balaban J connectivity index is 2.46. The van der Waals surface area contributed by atoms with Gasteiger partial charge in [0.15, 0.2) is 5.82 Å². The van der Waals surface area contributed by atoms with Crippen LogP contribution in [0, 0.1) is 6.92 Å². The Morgan fingerprint density at radius 1 is 1.31 bits per heavy atom. The standard InChI is InChI=1S/C9H8BrN3/c1-7-3-2-4-9(11-7)13-6-5-8(10)12-13/h2-6H,1H3. The summed E-state index contributed by atoms with van der Waals surface area (Å²) >= 11 is 3.29. The van der Waals surface area contributed by atoms with Gasteiger partial charge in [-0.3, -0.25) is 0 Å². The number of halogens is 1. The fourth-order valence-electron chi connectivity index (χ4n) is 1.09. The van der Waals surface area contributed by atoms with Gasteiger partial charge in [-0.15, -0.1) is 0 Å². The average molecular weight is 238 g/mol. The lowest BCUT2D eigenvalue weighted by Gasteiger charge is -1.99. The van der Waals surface area contributed by atoms with E-state index in [-0.39, 0.29) is 0 Å². The van der Waals surface area contributed by atoms with Crippen molar-refractivity contribution in [2.45, 2.75) is 6.92 Å². The predicted octanol–water partition coefficient (Wildman–Crippen LogP) is 2.34. The molecule has 0 bridgehead atoms. The van der Waals surface area contributed by atoms with E-state index in [9.17, 15) is 0 Å². The van der Waals surface area contributed by atoms with E-state index in [0.29, 0.717) is 0 Å². The summed E-state index contributed by atoms with van der Waals surface area (Å²) in [5.74, 6) is 0.839. The summed E-state index contributed by atoms with van der Waals surface area (Å²) in [6, 6.07) is 7.73. The van der Waals surface area contributed by atoms with Gasteiger partial charge >= 0.3 is 0 Å². The SMILES string of the molecule is Cc1cccc(-n2ccc(Br)n2)n1. The normalized spacial score (nSPS) is 10.3. The monoisotopic (exact) mass is 237 g/mol. The Morgan fingerprint density at radius 2 is 2.15 bits per heavy atom. The van der Waals surface area contributed by atoms with Gasteiger partial charge in [-0.2, -0.15) is 5.10 Å².